The fraction of sp³-hybridized carbons (Fsp3) is 0.333. The molecule has 0 aliphatic carbocycles. The maximum absolute atomic E-state index is 11.6. The number of carbonyl (C=O) groups excluding carboxylic acids is 2. The van der Waals surface area contributed by atoms with Gasteiger partial charge in [0.25, 0.3) is 0 Å². The maximum Gasteiger partial charge on any atom is 0.348 e. The third-order valence-electron chi connectivity index (χ3n) is 1.94. The Kier molecular flexibility index (Phi) is 5.69. The quantitative estimate of drug-likeness (QED) is 0.458. The lowest BCUT2D eigenvalue weighted by Crippen LogP contribution is -2.38. The number of aldehydes is 1. The second-order valence-corrected chi connectivity index (χ2v) is 4.24. The molecule has 92 valence electrons. The third-order valence-corrected chi connectivity index (χ3v) is 2.64. The van der Waals surface area contributed by atoms with Crippen molar-refractivity contribution in [3.8, 4) is 5.75 Å². The van der Waals surface area contributed by atoms with Crippen LogP contribution in [0.5, 0.6) is 5.75 Å². The van der Waals surface area contributed by atoms with Crippen molar-refractivity contribution in [3.63, 3.8) is 0 Å². The van der Waals surface area contributed by atoms with E-state index < -0.39 is 16.9 Å². The molecule has 1 aromatic rings. The zero-order chi connectivity index (χ0) is 12.7. The van der Waals surface area contributed by atoms with Gasteiger partial charge in [-0.05, 0) is 19.1 Å². The second kappa shape index (κ2) is 7.06. The van der Waals surface area contributed by atoms with Crippen LogP contribution < -0.4 is 4.74 Å². The molecule has 1 rings (SSSR count). The first-order valence-corrected chi connectivity index (χ1v) is 6.08. The molecule has 0 fully saturated rings. The van der Waals surface area contributed by atoms with E-state index in [2.05, 4.69) is 15.9 Å². The normalized spacial score (nSPS) is 13.5. The standard InChI is InChI=1S/C12H13BrO4/c1-2-16-12(15)11(10(13)8-14)17-9-6-4-3-5-7-9/h3-8,10-11H,2H2,1H3. The Morgan fingerprint density at radius 2 is 2.06 bits per heavy atom. The summed E-state index contributed by atoms with van der Waals surface area (Å²) in [6, 6.07) is 8.80. The lowest BCUT2D eigenvalue weighted by molar-refractivity contribution is -0.151. The number of alkyl halides is 1. The highest BCUT2D eigenvalue weighted by molar-refractivity contribution is 9.10. The van der Waals surface area contributed by atoms with Crippen LogP contribution in [0.3, 0.4) is 0 Å². The molecule has 0 heterocycles. The van der Waals surface area contributed by atoms with Crippen molar-refractivity contribution in [2.45, 2.75) is 17.9 Å². The van der Waals surface area contributed by atoms with E-state index in [4.69, 9.17) is 9.47 Å². The second-order valence-electron chi connectivity index (χ2n) is 3.18. The number of hydrogen-bond acceptors (Lipinski definition) is 4. The lowest BCUT2D eigenvalue weighted by atomic mass is 10.2. The highest BCUT2D eigenvalue weighted by Gasteiger charge is 2.29. The Morgan fingerprint density at radius 3 is 2.59 bits per heavy atom. The molecule has 0 radical (unpaired) electrons. The molecule has 0 saturated heterocycles. The highest BCUT2D eigenvalue weighted by atomic mass is 79.9. The first-order valence-electron chi connectivity index (χ1n) is 5.16. The summed E-state index contributed by atoms with van der Waals surface area (Å²) in [5.41, 5.74) is 0. The minimum atomic E-state index is -0.977. The van der Waals surface area contributed by atoms with Gasteiger partial charge in [-0.25, -0.2) is 4.79 Å². The predicted octanol–water partition coefficient (Wildman–Crippen LogP) is 1.96. The molecule has 0 amide bonds. The molecule has 0 saturated carbocycles. The maximum atomic E-state index is 11.6. The van der Waals surface area contributed by atoms with E-state index >= 15 is 0 Å². The average molecular weight is 301 g/mol. The Morgan fingerprint density at radius 1 is 1.41 bits per heavy atom. The monoisotopic (exact) mass is 300 g/mol. The molecule has 2 atom stereocenters. The molecule has 1 aromatic carbocycles. The van der Waals surface area contributed by atoms with Crippen LogP contribution in [-0.2, 0) is 14.3 Å². The number of para-hydroxylation sites is 1. The van der Waals surface area contributed by atoms with Crippen LogP contribution in [0, 0.1) is 0 Å². The van der Waals surface area contributed by atoms with E-state index in [9.17, 15) is 9.59 Å². The Labute approximate surface area is 108 Å². The van der Waals surface area contributed by atoms with Crippen LogP contribution >= 0.6 is 15.9 Å². The topological polar surface area (TPSA) is 52.6 Å². The van der Waals surface area contributed by atoms with Crippen molar-refractivity contribution in [1.29, 1.82) is 0 Å². The van der Waals surface area contributed by atoms with Gasteiger partial charge in [0.15, 0.2) is 0 Å². The Balaban J connectivity index is 2.77. The average Bonchev–Trinajstić information content (AvgIpc) is 2.36. The third kappa shape index (κ3) is 4.19. The van der Waals surface area contributed by atoms with E-state index in [1.165, 1.54) is 0 Å². The summed E-state index contributed by atoms with van der Waals surface area (Å²) in [6.07, 6.45) is -0.375. The van der Waals surface area contributed by atoms with Crippen molar-refractivity contribution in [2.24, 2.45) is 0 Å². The Hall–Kier alpha value is -1.36. The summed E-state index contributed by atoms with van der Waals surface area (Å²) >= 11 is 3.08. The fourth-order valence-electron chi connectivity index (χ4n) is 1.18. The van der Waals surface area contributed by atoms with Gasteiger partial charge in [-0.3, -0.25) is 0 Å². The molecule has 0 aliphatic rings. The van der Waals surface area contributed by atoms with Gasteiger partial charge in [-0.1, -0.05) is 34.1 Å². The lowest BCUT2D eigenvalue weighted by Gasteiger charge is -2.18. The number of hydrogen-bond donors (Lipinski definition) is 0. The van der Waals surface area contributed by atoms with Crippen LogP contribution in [0.25, 0.3) is 0 Å². The zero-order valence-electron chi connectivity index (χ0n) is 9.34. The zero-order valence-corrected chi connectivity index (χ0v) is 10.9. The number of rotatable bonds is 6. The smallest absolute Gasteiger partial charge is 0.348 e. The van der Waals surface area contributed by atoms with Gasteiger partial charge >= 0.3 is 5.97 Å². The van der Waals surface area contributed by atoms with Gasteiger partial charge in [-0.2, -0.15) is 0 Å². The summed E-state index contributed by atoms with van der Waals surface area (Å²) in [5.74, 6) is -0.0535. The summed E-state index contributed by atoms with van der Waals surface area (Å²) in [5, 5.41) is 0. The van der Waals surface area contributed by atoms with E-state index in [1.54, 1.807) is 31.2 Å². The van der Waals surface area contributed by atoms with Crippen molar-refractivity contribution in [3.05, 3.63) is 30.3 Å². The van der Waals surface area contributed by atoms with Gasteiger partial charge in [-0.15, -0.1) is 0 Å². The van der Waals surface area contributed by atoms with E-state index in [-0.39, 0.29) is 6.61 Å². The summed E-state index contributed by atoms with van der Waals surface area (Å²) < 4.78 is 10.3. The van der Waals surface area contributed by atoms with Crippen LogP contribution in [0.4, 0.5) is 0 Å². The first-order chi connectivity index (χ1) is 8.19. The number of ether oxygens (including phenoxy) is 2. The number of halogens is 1. The van der Waals surface area contributed by atoms with Gasteiger partial charge in [0, 0.05) is 0 Å². The van der Waals surface area contributed by atoms with Crippen LogP contribution in [-0.4, -0.2) is 29.8 Å². The van der Waals surface area contributed by atoms with Crippen molar-refractivity contribution in [1.82, 2.24) is 0 Å². The molecule has 5 heteroatoms. The first kappa shape index (κ1) is 13.7. The number of esters is 1. The Bertz CT molecular complexity index is 366. The highest BCUT2D eigenvalue weighted by Crippen LogP contribution is 2.16. The molecule has 0 spiro atoms. The molecule has 0 aliphatic heterocycles. The minimum Gasteiger partial charge on any atom is -0.477 e. The van der Waals surface area contributed by atoms with Crippen LogP contribution in [0.15, 0.2) is 30.3 Å². The molecular formula is C12H13BrO4. The molecule has 2 unspecified atom stereocenters. The number of carbonyl (C=O) groups is 2. The van der Waals surface area contributed by atoms with Crippen LogP contribution in [0.2, 0.25) is 0 Å². The largest absolute Gasteiger partial charge is 0.477 e. The summed E-state index contributed by atoms with van der Waals surface area (Å²) in [6.45, 7) is 1.94. The summed E-state index contributed by atoms with van der Waals surface area (Å²) in [7, 11) is 0. The van der Waals surface area contributed by atoms with Crippen LogP contribution in [0.1, 0.15) is 6.92 Å². The van der Waals surface area contributed by atoms with Crippen molar-refractivity contribution < 1.29 is 19.1 Å². The van der Waals surface area contributed by atoms with E-state index in [0.717, 1.165) is 0 Å². The molecule has 4 nitrogen and oxygen atoms in total. The fourth-order valence-corrected chi connectivity index (χ4v) is 1.51. The van der Waals surface area contributed by atoms with E-state index in [1.807, 2.05) is 6.07 Å². The molecular weight excluding hydrogens is 288 g/mol. The van der Waals surface area contributed by atoms with Gasteiger partial charge in [0.2, 0.25) is 6.10 Å². The van der Waals surface area contributed by atoms with Gasteiger partial charge in [0.05, 0.1) is 6.61 Å². The molecule has 17 heavy (non-hydrogen) atoms. The molecule has 0 bridgehead atoms. The SMILES string of the molecule is CCOC(=O)C(Oc1ccccc1)C(Br)C=O. The molecule has 0 aromatic heterocycles. The minimum absolute atomic E-state index is 0.242. The number of benzene rings is 1. The summed E-state index contributed by atoms with van der Waals surface area (Å²) in [4.78, 5) is 21.6. The van der Waals surface area contributed by atoms with Gasteiger partial charge in [0.1, 0.15) is 16.9 Å². The van der Waals surface area contributed by atoms with Crippen molar-refractivity contribution in [2.75, 3.05) is 6.61 Å². The predicted molar refractivity (Wildman–Crippen MR) is 66.3 cm³/mol. The van der Waals surface area contributed by atoms with Gasteiger partial charge < -0.3 is 14.3 Å². The molecule has 0 N–H and O–H groups in total. The van der Waals surface area contributed by atoms with E-state index in [0.29, 0.717) is 12.0 Å². The van der Waals surface area contributed by atoms with Crippen molar-refractivity contribution >= 4 is 28.2 Å².